The molecular weight excluding hydrogens is 268 g/mol. The first-order valence-electron chi connectivity index (χ1n) is 7.07. The first kappa shape index (κ1) is 14.0. The van der Waals surface area contributed by atoms with Crippen LogP contribution < -0.4 is 10.5 Å². The molecule has 1 aliphatic heterocycles. The van der Waals surface area contributed by atoms with Crippen LogP contribution in [0.2, 0.25) is 0 Å². The Kier molecular flexibility index (Phi) is 3.65. The summed E-state index contributed by atoms with van der Waals surface area (Å²) in [5.74, 6) is 2.07. The summed E-state index contributed by atoms with van der Waals surface area (Å²) in [5, 5.41) is 3.95. The van der Waals surface area contributed by atoms with Gasteiger partial charge in [0.15, 0.2) is 5.82 Å². The highest BCUT2D eigenvalue weighted by atomic mass is 16.5. The number of benzene rings is 1. The second kappa shape index (κ2) is 5.46. The second-order valence-electron chi connectivity index (χ2n) is 5.90. The van der Waals surface area contributed by atoms with Gasteiger partial charge in [-0.05, 0) is 19.9 Å². The molecule has 1 aliphatic rings. The molecule has 0 atom stereocenters. The number of aromatic nitrogens is 2. The maximum Gasteiger partial charge on any atom is 0.240 e. The van der Waals surface area contributed by atoms with Crippen LogP contribution in [0.4, 0.5) is 0 Å². The third-order valence-corrected chi connectivity index (χ3v) is 3.43. The molecule has 1 aromatic carbocycles. The molecule has 0 amide bonds. The predicted molar refractivity (Wildman–Crippen MR) is 77.6 cm³/mol. The molecule has 0 radical (unpaired) electrons. The summed E-state index contributed by atoms with van der Waals surface area (Å²) in [6.07, 6.45) is 0. The molecule has 0 saturated carbocycles. The fourth-order valence-corrected chi connectivity index (χ4v) is 2.29. The fraction of sp³-hybridized carbons (Fsp3) is 0.467. The Morgan fingerprint density at radius 3 is 2.90 bits per heavy atom. The number of nitrogens with two attached hydrogens (primary N) is 1. The SMILES string of the molecule is CC(C)(N)c1noc(CN2CCOc3ccccc3C2)n1. The minimum Gasteiger partial charge on any atom is -0.492 e. The lowest BCUT2D eigenvalue weighted by atomic mass is 10.1. The Hall–Kier alpha value is -1.92. The number of rotatable bonds is 3. The average Bonchev–Trinajstić information content (AvgIpc) is 2.80. The third kappa shape index (κ3) is 3.22. The van der Waals surface area contributed by atoms with Crippen molar-refractivity contribution in [3.63, 3.8) is 0 Å². The summed E-state index contributed by atoms with van der Waals surface area (Å²) in [4.78, 5) is 6.61. The van der Waals surface area contributed by atoms with Crippen LogP contribution in [0.5, 0.6) is 5.75 Å². The van der Waals surface area contributed by atoms with E-state index in [9.17, 15) is 0 Å². The van der Waals surface area contributed by atoms with Gasteiger partial charge in [0.1, 0.15) is 12.4 Å². The first-order chi connectivity index (χ1) is 10.0. The summed E-state index contributed by atoms with van der Waals surface area (Å²) >= 11 is 0. The molecule has 3 rings (SSSR count). The molecule has 0 aliphatic carbocycles. The van der Waals surface area contributed by atoms with Gasteiger partial charge >= 0.3 is 0 Å². The van der Waals surface area contributed by atoms with E-state index >= 15 is 0 Å². The van der Waals surface area contributed by atoms with Crippen LogP contribution in [0.25, 0.3) is 0 Å². The van der Waals surface area contributed by atoms with Gasteiger partial charge in [-0.25, -0.2) is 0 Å². The summed E-state index contributed by atoms with van der Waals surface area (Å²) in [6.45, 7) is 6.59. The average molecular weight is 288 g/mol. The molecule has 2 aromatic rings. The number of para-hydroxylation sites is 1. The van der Waals surface area contributed by atoms with Crippen molar-refractivity contribution < 1.29 is 9.26 Å². The van der Waals surface area contributed by atoms with Gasteiger partial charge in [-0.15, -0.1) is 0 Å². The molecule has 112 valence electrons. The highest BCUT2D eigenvalue weighted by Gasteiger charge is 2.23. The molecular formula is C15H20N4O2. The second-order valence-corrected chi connectivity index (χ2v) is 5.90. The van der Waals surface area contributed by atoms with Gasteiger partial charge < -0.3 is 15.0 Å². The summed E-state index contributed by atoms with van der Waals surface area (Å²) < 4.78 is 11.0. The molecule has 0 saturated heterocycles. The Morgan fingerprint density at radius 1 is 1.33 bits per heavy atom. The normalized spacial score (nSPS) is 16.1. The van der Waals surface area contributed by atoms with E-state index in [1.165, 1.54) is 5.56 Å². The van der Waals surface area contributed by atoms with Gasteiger partial charge in [-0.3, -0.25) is 4.90 Å². The monoisotopic (exact) mass is 288 g/mol. The third-order valence-electron chi connectivity index (χ3n) is 3.43. The lowest BCUT2D eigenvalue weighted by Crippen LogP contribution is -2.30. The maximum atomic E-state index is 5.97. The van der Waals surface area contributed by atoms with E-state index in [1.807, 2.05) is 32.0 Å². The van der Waals surface area contributed by atoms with E-state index in [4.69, 9.17) is 15.0 Å². The Balaban J connectivity index is 1.72. The predicted octanol–water partition coefficient (Wildman–Crippen LogP) is 1.66. The Bertz CT molecular complexity index is 618. The molecule has 21 heavy (non-hydrogen) atoms. The molecule has 0 spiro atoms. The first-order valence-corrected chi connectivity index (χ1v) is 7.07. The van der Waals surface area contributed by atoms with Crippen molar-refractivity contribution in [2.45, 2.75) is 32.5 Å². The molecule has 2 N–H and O–H groups in total. The van der Waals surface area contributed by atoms with E-state index < -0.39 is 5.54 Å². The van der Waals surface area contributed by atoms with Crippen molar-refractivity contribution in [1.29, 1.82) is 0 Å². The standard InChI is InChI=1S/C15H20N4O2/c1-15(2,16)14-17-13(21-18-14)10-19-7-8-20-12-6-4-3-5-11(12)9-19/h3-6H,7-10,16H2,1-2H3. The zero-order chi connectivity index (χ0) is 14.9. The lowest BCUT2D eigenvalue weighted by Gasteiger charge is -2.16. The number of hydrogen-bond donors (Lipinski definition) is 1. The van der Waals surface area contributed by atoms with Gasteiger partial charge in [-0.1, -0.05) is 23.4 Å². The molecule has 2 heterocycles. The van der Waals surface area contributed by atoms with Gasteiger partial charge in [0.05, 0.1) is 12.1 Å². The number of hydrogen-bond acceptors (Lipinski definition) is 6. The molecule has 6 nitrogen and oxygen atoms in total. The fourth-order valence-electron chi connectivity index (χ4n) is 2.29. The molecule has 6 heteroatoms. The molecule has 0 bridgehead atoms. The topological polar surface area (TPSA) is 77.4 Å². The molecule has 0 unspecified atom stereocenters. The van der Waals surface area contributed by atoms with Gasteiger partial charge in [-0.2, -0.15) is 4.98 Å². The van der Waals surface area contributed by atoms with Gasteiger partial charge in [0, 0.05) is 18.7 Å². The quantitative estimate of drug-likeness (QED) is 0.925. The highest BCUT2D eigenvalue weighted by molar-refractivity contribution is 5.33. The number of fused-ring (bicyclic) bond motifs is 1. The Morgan fingerprint density at radius 2 is 2.14 bits per heavy atom. The number of nitrogens with zero attached hydrogens (tertiary/aromatic N) is 3. The minimum atomic E-state index is -0.587. The largest absolute Gasteiger partial charge is 0.492 e. The van der Waals surface area contributed by atoms with Crippen LogP contribution in [-0.4, -0.2) is 28.2 Å². The maximum absolute atomic E-state index is 5.97. The van der Waals surface area contributed by atoms with Crippen LogP contribution in [0, 0.1) is 0 Å². The van der Waals surface area contributed by atoms with Crippen LogP contribution in [-0.2, 0) is 18.6 Å². The van der Waals surface area contributed by atoms with E-state index in [0.717, 1.165) is 18.8 Å². The minimum absolute atomic E-state index is 0.531. The van der Waals surface area contributed by atoms with Crippen LogP contribution in [0.3, 0.4) is 0 Å². The summed E-state index contributed by atoms with van der Waals surface area (Å²) in [7, 11) is 0. The van der Waals surface area contributed by atoms with Gasteiger partial charge in [0.2, 0.25) is 5.89 Å². The van der Waals surface area contributed by atoms with E-state index in [0.29, 0.717) is 24.9 Å². The van der Waals surface area contributed by atoms with E-state index in [-0.39, 0.29) is 0 Å². The lowest BCUT2D eigenvalue weighted by molar-refractivity contribution is 0.196. The summed E-state index contributed by atoms with van der Waals surface area (Å²) in [5.41, 5.74) is 6.56. The van der Waals surface area contributed by atoms with Gasteiger partial charge in [0.25, 0.3) is 0 Å². The van der Waals surface area contributed by atoms with Crippen molar-refractivity contribution in [3.05, 3.63) is 41.5 Å². The van der Waals surface area contributed by atoms with Crippen molar-refractivity contribution in [2.24, 2.45) is 5.73 Å². The molecule has 1 aromatic heterocycles. The van der Waals surface area contributed by atoms with Crippen molar-refractivity contribution in [3.8, 4) is 5.75 Å². The van der Waals surface area contributed by atoms with Crippen LogP contribution >= 0.6 is 0 Å². The zero-order valence-corrected chi connectivity index (χ0v) is 12.4. The van der Waals surface area contributed by atoms with E-state index in [1.54, 1.807) is 0 Å². The van der Waals surface area contributed by atoms with Crippen molar-refractivity contribution >= 4 is 0 Å². The Labute approximate surface area is 123 Å². The number of ether oxygens (including phenoxy) is 1. The molecule has 0 fully saturated rings. The van der Waals surface area contributed by atoms with Crippen LogP contribution in [0.15, 0.2) is 28.8 Å². The summed E-state index contributed by atoms with van der Waals surface area (Å²) in [6, 6.07) is 8.09. The van der Waals surface area contributed by atoms with Crippen molar-refractivity contribution in [1.82, 2.24) is 15.0 Å². The highest BCUT2D eigenvalue weighted by Crippen LogP contribution is 2.23. The smallest absolute Gasteiger partial charge is 0.240 e. The van der Waals surface area contributed by atoms with Crippen molar-refractivity contribution in [2.75, 3.05) is 13.2 Å². The van der Waals surface area contributed by atoms with E-state index in [2.05, 4.69) is 21.1 Å². The zero-order valence-electron chi connectivity index (χ0n) is 12.4. The van der Waals surface area contributed by atoms with Crippen LogP contribution in [0.1, 0.15) is 31.1 Å².